The Labute approximate surface area is 61.9 Å². The molecule has 0 saturated heterocycles. The second kappa shape index (κ2) is 1.98. The number of rotatable bonds is 0. The molecule has 0 N–H and O–H groups in total. The summed E-state index contributed by atoms with van der Waals surface area (Å²) in [6.45, 7) is 1.93. The lowest BCUT2D eigenvalue weighted by atomic mass is 10.4. The Hall–Kier alpha value is -1.03. The summed E-state index contributed by atoms with van der Waals surface area (Å²) in [5, 5.41) is 1.92. The van der Waals surface area contributed by atoms with Gasteiger partial charge in [0.2, 0.25) is 0 Å². The Kier molecular flexibility index (Phi) is 1.14. The molecule has 0 spiro atoms. The molecule has 0 radical (unpaired) electrons. The summed E-state index contributed by atoms with van der Waals surface area (Å²) in [6, 6.07) is 0. The minimum atomic E-state index is 0.924. The zero-order chi connectivity index (χ0) is 6.97. The van der Waals surface area contributed by atoms with Gasteiger partial charge in [0.25, 0.3) is 0 Å². The monoisotopic (exact) mass is 151 g/mol. The van der Waals surface area contributed by atoms with Crippen molar-refractivity contribution in [2.45, 2.75) is 6.92 Å². The number of fused-ring (bicyclic) bond motifs is 1. The first-order valence-electron chi connectivity index (χ1n) is 2.89. The van der Waals surface area contributed by atoms with Crippen molar-refractivity contribution in [3.05, 3.63) is 17.4 Å². The van der Waals surface area contributed by atoms with Crippen molar-refractivity contribution in [3.8, 4) is 0 Å². The molecule has 2 aromatic rings. The molecule has 0 aliphatic rings. The topological polar surface area (TPSA) is 38.7 Å². The van der Waals surface area contributed by atoms with Crippen LogP contribution in [0.5, 0.6) is 0 Å². The molecule has 50 valence electrons. The van der Waals surface area contributed by atoms with Crippen LogP contribution in [0.15, 0.2) is 11.7 Å². The van der Waals surface area contributed by atoms with E-state index in [-0.39, 0.29) is 0 Å². The molecular weight excluding hydrogens is 146 g/mol. The molecule has 0 bridgehead atoms. The van der Waals surface area contributed by atoms with E-state index in [2.05, 4.69) is 14.3 Å². The molecule has 0 aliphatic carbocycles. The Morgan fingerprint density at radius 2 is 2.30 bits per heavy atom. The molecule has 0 saturated carbocycles. The van der Waals surface area contributed by atoms with Crippen LogP contribution >= 0.6 is 11.5 Å². The average molecular weight is 151 g/mol. The first-order valence-corrected chi connectivity index (χ1v) is 3.73. The molecule has 4 heteroatoms. The van der Waals surface area contributed by atoms with Gasteiger partial charge < -0.3 is 0 Å². The van der Waals surface area contributed by atoms with Gasteiger partial charge in [-0.2, -0.15) is 4.37 Å². The van der Waals surface area contributed by atoms with E-state index in [0.717, 1.165) is 16.7 Å². The van der Waals surface area contributed by atoms with Crippen LogP contribution in [0.2, 0.25) is 0 Å². The summed E-state index contributed by atoms with van der Waals surface area (Å²) >= 11 is 1.41. The third-order valence-electron chi connectivity index (χ3n) is 1.34. The van der Waals surface area contributed by atoms with Gasteiger partial charge in [0.1, 0.15) is 17.4 Å². The van der Waals surface area contributed by atoms with Crippen molar-refractivity contribution in [1.29, 1.82) is 0 Å². The normalized spacial score (nSPS) is 10.5. The third-order valence-corrected chi connectivity index (χ3v) is 1.96. The SMILES string of the molecule is Cc1ncnc2csnc12. The molecule has 0 amide bonds. The van der Waals surface area contributed by atoms with Crippen LogP contribution in [0.3, 0.4) is 0 Å². The highest BCUT2D eigenvalue weighted by Crippen LogP contribution is 2.12. The lowest BCUT2D eigenvalue weighted by Crippen LogP contribution is -1.83. The van der Waals surface area contributed by atoms with Gasteiger partial charge in [-0.05, 0) is 18.5 Å². The summed E-state index contributed by atoms with van der Waals surface area (Å²) in [4.78, 5) is 8.05. The van der Waals surface area contributed by atoms with Crippen molar-refractivity contribution in [2.75, 3.05) is 0 Å². The minimum Gasteiger partial charge on any atom is -0.239 e. The third kappa shape index (κ3) is 0.690. The maximum atomic E-state index is 4.13. The molecule has 2 aromatic heterocycles. The lowest BCUT2D eigenvalue weighted by molar-refractivity contribution is 1.15. The number of aromatic nitrogens is 3. The maximum absolute atomic E-state index is 4.13. The van der Waals surface area contributed by atoms with Gasteiger partial charge in [0, 0.05) is 5.38 Å². The number of hydrogen-bond donors (Lipinski definition) is 0. The molecular formula is C6H5N3S. The van der Waals surface area contributed by atoms with Crippen molar-refractivity contribution in [1.82, 2.24) is 14.3 Å². The molecule has 0 atom stereocenters. The van der Waals surface area contributed by atoms with E-state index in [1.54, 1.807) is 6.33 Å². The molecule has 0 aliphatic heterocycles. The fourth-order valence-corrected chi connectivity index (χ4v) is 1.47. The van der Waals surface area contributed by atoms with E-state index in [4.69, 9.17) is 0 Å². The zero-order valence-electron chi connectivity index (χ0n) is 5.40. The van der Waals surface area contributed by atoms with Crippen LogP contribution < -0.4 is 0 Å². The quantitative estimate of drug-likeness (QED) is 0.571. The van der Waals surface area contributed by atoms with Crippen molar-refractivity contribution >= 4 is 22.6 Å². The summed E-state index contributed by atoms with van der Waals surface area (Å²) < 4.78 is 4.13. The predicted octanol–water partition coefficient (Wildman–Crippen LogP) is 1.39. The summed E-state index contributed by atoms with van der Waals surface area (Å²) in [5.74, 6) is 0. The fraction of sp³-hybridized carbons (Fsp3) is 0.167. The van der Waals surface area contributed by atoms with Crippen LogP contribution in [0.4, 0.5) is 0 Å². The number of nitrogens with zero attached hydrogens (tertiary/aromatic N) is 3. The second-order valence-electron chi connectivity index (χ2n) is 2.01. The second-order valence-corrected chi connectivity index (χ2v) is 2.64. The zero-order valence-corrected chi connectivity index (χ0v) is 6.22. The smallest absolute Gasteiger partial charge is 0.124 e. The van der Waals surface area contributed by atoms with Gasteiger partial charge in [-0.15, -0.1) is 0 Å². The number of aryl methyl sites for hydroxylation is 1. The molecule has 3 nitrogen and oxygen atoms in total. The van der Waals surface area contributed by atoms with Crippen molar-refractivity contribution in [3.63, 3.8) is 0 Å². The van der Waals surface area contributed by atoms with E-state index in [1.165, 1.54) is 11.5 Å². The molecule has 0 fully saturated rings. The van der Waals surface area contributed by atoms with Crippen molar-refractivity contribution < 1.29 is 0 Å². The van der Waals surface area contributed by atoms with E-state index < -0.39 is 0 Å². The largest absolute Gasteiger partial charge is 0.239 e. The Balaban J connectivity index is 2.95. The van der Waals surface area contributed by atoms with Crippen LogP contribution in [0.1, 0.15) is 5.69 Å². The summed E-state index contributed by atoms with van der Waals surface area (Å²) in [5.41, 5.74) is 2.82. The fourth-order valence-electron chi connectivity index (χ4n) is 0.813. The van der Waals surface area contributed by atoms with Gasteiger partial charge in [-0.1, -0.05) is 0 Å². The minimum absolute atomic E-state index is 0.924. The highest BCUT2D eigenvalue weighted by Gasteiger charge is 1.99. The Bertz CT molecular complexity index is 355. The van der Waals surface area contributed by atoms with E-state index in [1.807, 2.05) is 12.3 Å². The van der Waals surface area contributed by atoms with Crippen LogP contribution in [-0.2, 0) is 0 Å². The molecule has 2 heterocycles. The first-order chi connectivity index (χ1) is 4.88. The van der Waals surface area contributed by atoms with Gasteiger partial charge in [0.05, 0.1) is 5.69 Å². The van der Waals surface area contributed by atoms with Gasteiger partial charge in [0.15, 0.2) is 0 Å². The van der Waals surface area contributed by atoms with E-state index in [0.29, 0.717) is 0 Å². The lowest BCUT2D eigenvalue weighted by Gasteiger charge is -1.88. The predicted molar refractivity (Wildman–Crippen MR) is 39.9 cm³/mol. The van der Waals surface area contributed by atoms with E-state index >= 15 is 0 Å². The molecule has 10 heavy (non-hydrogen) atoms. The Morgan fingerprint density at radius 3 is 3.10 bits per heavy atom. The van der Waals surface area contributed by atoms with Crippen LogP contribution in [0, 0.1) is 6.92 Å². The summed E-state index contributed by atoms with van der Waals surface area (Å²) in [6.07, 6.45) is 1.56. The highest BCUT2D eigenvalue weighted by molar-refractivity contribution is 7.04. The van der Waals surface area contributed by atoms with Gasteiger partial charge >= 0.3 is 0 Å². The van der Waals surface area contributed by atoms with Crippen molar-refractivity contribution in [2.24, 2.45) is 0 Å². The molecule has 2 rings (SSSR count). The average Bonchev–Trinajstić information content (AvgIpc) is 2.36. The van der Waals surface area contributed by atoms with Gasteiger partial charge in [-0.25, -0.2) is 9.97 Å². The highest BCUT2D eigenvalue weighted by atomic mass is 32.1. The van der Waals surface area contributed by atoms with Crippen LogP contribution in [0.25, 0.3) is 11.0 Å². The molecule has 0 unspecified atom stereocenters. The standard InChI is InChI=1S/C6H5N3S/c1-4-6-5(2-10-9-6)8-3-7-4/h2-3H,1H3. The number of hydrogen-bond acceptors (Lipinski definition) is 4. The van der Waals surface area contributed by atoms with E-state index in [9.17, 15) is 0 Å². The molecule has 0 aromatic carbocycles. The Morgan fingerprint density at radius 1 is 1.40 bits per heavy atom. The van der Waals surface area contributed by atoms with Gasteiger partial charge in [-0.3, -0.25) is 0 Å². The summed E-state index contributed by atoms with van der Waals surface area (Å²) in [7, 11) is 0. The maximum Gasteiger partial charge on any atom is 0.124 e. The first kappa shape index (κ1) is 5.73. The van der Waals surface area contributed by atoms with Crippen LogP contribution in [-0.4, -0.2) is 14.3 Å².